The summed E-state index contributed by atoms with van der Waals surface area (Å²) in [6.45, 7) is 3.69. The molecule has 3 nitrogen and oxygen atoms in total. The fourth-order valence-electron chi connectivity index (χ4n) is 2.37. The average molecular weight is 259 g/mol. The van der Waals surface area contributed by atoms with Crippen molar-refractivity contribution in [3.05, 3.63) is 0 Å². The molecular formula is C13H25NO2S. The van der Waals surface area contributed by atoms with Gasteiger partial charge in [0.2, 0.25) is 0 Å². The molecule has 2 rings (SSSR count). The second-order valence-electron chi connectivity index (χ2n) is 4.90. The zero-order chi connectivity index (χ0) is 11.8. The normalized spacial score (nSPS) is 26.5. The van der Waals surface area contributed by atoms with E-state index in [9.17, 15) is 0 Å². The van der Waals surface area contributed by atoms with E-state index in [4.69, 9.17) is 9.47 Å². The zero-order valence-corrected chi connectivity index (χ0v) is 11.5. The second kappa shape index (κ2) is 8.35. The Hall–Kier alpha value is 0.230. The first-order valence-electron chi connectivity index (χ1n) is 6.95. The molecule has 0 saturated carbocycles. The van der Waals surface area contributed by atoms with Crippen LogP contribution in [0.2, 0.25) is 0 Å². The molecule has 2 saturated heterocycles. The first kappa shape index (κ1) is 13.7. The number of hydrogen-bond donors (Lipinski definition) is 1. The van der Waals surface area contributed by atoms with Crippen LogP contribution in [0.1, 0.15) is 32.1 Å². The van der Waals surface area contributed by atoms with Gasteiger partial charge >= 0.3 is 0 Å². The molecule has 100 valence electrons. The maximum absolute atomic E-state index is 5.64. The van der Waals surface area contributed by atoms with E-state index in [1.165, 1.54) is 37.2 Å². The lowest BCUT2D eigenvalue weighted by atomic mass is 10.1. The van der Waals surface area contributed by atoms with Crippen molar-refractivity contribution in [1.29, 1.82) is 0 Å². The van der Waals surface area contributed by atoms with Crippen molar-refractivity contribution in [2.45, 2.75) is 44.2 Å². The molecule has 2 aliphatic rings. The third-order valence-corrected chi connectivity index (χ3v) is 4.50. The summed E-state index contributed by atoms with van der Waals surface area (Å²) in [5, 5.41) is 3.63. The number of thioether (sulfide) groups is 1. The predicted molar refractivity (Wildman–Crippen MR) is 72.8 cm³/mol. The zero-order valence-electron chi connectivity index (χ0n) is 10.7. The van der Waals surface area contributed by atoms with Gasteiger partial charge in [0.25, 0.3) is 0 Å². The van der Waals surface area contributed by atoms with Gasteiger partial charge in [0.1, 0.15) is 0 Å². The molecule has 0 aliphatic carbocycles. The number of rotatable bonds is 7. The molecule has 0 spiro atoms. The monoisotopic (exact) mass is 259 g/mol. The van der Waals surface area contributed by atoms with Crippen LogP contribution in [0.15, 0.2) is 0 Å². The molecule has 0 bridgehead atoms. The van der Waals surface area contributed by atoms with E-state index in [2.05, 4.69) is 17.1 Å². The Labute approximate surface area is 109 Å². The lowest BCUT2D eigenvalue weighted by Crippen LogP contribution is -2.33. The highest BCUT2D eigenvalue weighted by Gasteiger charge is 2.15. The summed E-state index contributed by atoms with van der Waals surface area (Å²) in [6, 6.07) is 0.759. The molecule has 2 heterocycles. The van der Waals surface area contributed by atoms with Crippen LogP contribution in [0.25, 0.3) is 0 Å². The Morgan fingerprint density at radius 1 is 1.24 bits per heavy atom. The molecule has 4 heteroatoms. The molecule has 0 amide bonds. The molecule has 1 atom stereocenters. The summed E-state index contributed by atoms with van der Waals surface area (Å²) < 4.78 is 11.1. The van der Waals surface area contributed by atoms with E-state index in [0.717, 1.165) is 38.8 Å². The van der Waals surface area contributed by atoms with Crippen LogP contribution in [0.3, 0.4) is 0 Å². The lowest BCUT2D eigenvalue weighted by Gasteiger charge is -2.22. The molecule has 0 aromatic heterocycles. The van der Waals surface area contributed by atoms with Crippen molar-refractivity contribution < 1.29 is 9.47 Å². The minimum atomic E-state index is 0.373. The second-order valence-corrected chi connectivity index (χ2v) is 6.13. The fourth-order valence-corrected chi connectivity index (χ4v) is 3.48. The third-order valence-electron chi connectivity index (χ3n) is 3.45. The minimum Gasteiger partial charge on any atom is -0.379 e. The van der Waals surface area contributed by atoms with E-state index < -0.39 is 0 Å². The quantitative estimate of drug-likeness (QED) is 0.709. The van der Waals surface area contributed by atoms with Crippen LogP contribution in [-0.4, -0.2) is 50.0 Å². The average Bonchev–Trinajstić information content (AvgIpc) is 2.88. The van der Waals surface area contributed by atoms with Gasteiger partial charge in [-0.25, -0.2) is 0 Å². The smallest absolute Gasteiger partial charge is 0.0809 e. The molecule has 2 aliphatic heterocycles. The van der Waals surface area contributed by atoms with Crippen LogP contribution in [0.4, 0.5) is 0 Å². The Bertz CT molecular complexity index is 192. The number of hydrogen-bond acceptors (Lipinski definition) is 4. The van der Waals surface area contributed by atoms with Gasteiger partial charge in [-0.15, -0.1) is 0 Å². The van der Waals surface area contributed by atoms with Gasteiger partial charge in [-0.05, 0) is 50.2 Å². The highest BCUT2D eigenvalue weighted by atomic mass is 32.2. The first-order chi connectivity index (χ1) is 8.45. The molecule has 1 unspecified atom stereocenters. The van der Waals surface area contributed by atoms with E-state index in [1.807, 2.05) is 0 Å². The maximum Gasteiger partial charge on any atom is 0.0809 e. The van der Waals surface area contributed by atoms with Crippen molar-refractivity contribution >= 4 is 11.8 Å². The Morgan fingerprint density at radius 2 is 2.12 bits per heavy atom. The van der Waals surface area contributed by atoms with E-state index in [1.54, 1.807) is 0 Å². The van der Waals surface area contributed by atoms with Crippen molar-refractivity contribution in [3.63, 3.8) is 0 Å². The van der Waals surface area contributed by atoms with Gasteiger partial charge in [0.15, 0.2) is 0 Å². The summed E-state index contributed by atoms with van der Waals surface area (Å²) in [5.74, 6) is 2.65. The van der Waals surface area contributed by atoms with Crippen LogP contribution < -0.4 is 5.32 Å². The number of nitrogens with one attached hydrogen (secondary N) is 1. The van der Waals surface area contributed by atoms with Gasteiger partial charge < -0.3 is 14.8 Å². The molecule has 2 fully saturated rings. The Kier molecular flexibility index (Phi) is 6.71. The summed E-state index contributed by atoms with van der Waals surface area (Å²) in [4.78, 5) is 0. The van der Waals surface area contributed by atoms with E-state index >= 15 is 0 Å². The highest BCUT2D eigenvalue weighted by Crippen LogP contribution is 2.16. The van der Waals surface area contributed by atoms with Crippen molar-refractivity contribution in [2.75, 3.05) is 37.9 Å². The van der Waals surface area contributed by atoms with Gasteiger partial charge in [-0.3, -0.25) is 0 Å². The predicted octanol–water partition coefficient (Wildman–Crippen LogP) is 2.06. The largest absolute Gasteiger partial charge is 0.379 e. The van der Waals surface area contributed by atoms with Gasteiger partial charge in [0.05, 0.1) is 12.7 Å². The van der Waals surface area contributed by atoms with Crippen molar-refractivity contribution in [3.8, 4) is 0 Å². The summed E-state index contributed by atoms with van der Waals surface area (Å²) in [6.07, 6.45) is 6.55. The van der Waals surface area contributed by atoms with Crippen LogP contribution in [-0.2, 0) is 9.47 Å². The summed E-state index contributed by atoms with van der Waals surface area (Å²) in [7, 11) is 0. The minimum absolute atomic E-state index is 0.373. The molecule has 0 aromatic carbocycles. The molecule has 17 heavy (non-hydrogen) atoms. The SMILES string of the molecule is C(CNC1CCSCC1)COCC1CCCO1. The molecule has 1 N–H and O–H groups in total. The first-order valence-corrected chi connectivity index (χ1v) is 8.11. The third kappa shape index (κ3) is 5.60. The van der Waals surface area contributed by atoms with Crippen LogP contribution >= 0.6 is 11.8 Å². The van der Waals surface area contributed by atoms with E-state index in [0.29, 0.717) is 6.10 Å². The van der Waals surface area contributed by atoms with Gasteiger partial charge in [-0.2, -0.15) is 11.8 Å². The Morgan fingerprint density at radius 3 is 2.88 bits per heavy atom. The Balaban J connectivity index is 1.38. The lowest BCUT2D eigenvalue weighted by molar-refractivity contribution is 0.0165. The molecular weight excluding hydrogens is 234 g/mol. The summed E-state index contributed by atoms with van der Waals surface area (Å²) in [5.41, 5.74) is 0. The standard InChI is InChI=1S/C13H25NO2S/c1-3-13(16-8-1)11-15-7-2-6-14-12-4-9-17-10-5-12/h12-14H,1-11H2. The van der Waals surface area contributed by atoms with Crippen LogP contribution in [0.5, 0.6) is 0 Å². The van der Waals surface area contributed by atoms with Gasteiger partial charge in [-0.1, -0.05) is 0 Å². The maximum atomic E-state index is 5.64. The highest BCUT2D eigenvalue weighted by molar-refractivity contribution is 7.99. The van der Waals surface area contributed by atoms with Crippen molar-refractivity contribution in [2.24, 2.45) is 0 Å². The topological polar surface area (TPSA) is 30.5 Å². The van der Waals surface area contributed by atoms with E-state index in [-0.39, 0.29) is 0 Å². The van der Waals surface area contributed by atoms with Crippen molar-refractivity contribution in [1.82, 2.24) is 5.32 Å². The number of ether oxygens (including phenoxy) is 2. The summed E-state index contributed by atoms with van der Waals surface area (Å²) >= 11 is 2.08. The van der Waals surface area contributed by atoms with Crippen LogP contribution in [0, 0.1) is 0 Å². The molecule has 0 aromatic rings. The van der Waals surface area contributed by atoms with Gasteiger partial charge in [0, 0.05) is 19.3 Å². The molecule has 0 radical (unpaired) electrons. The fraction of sp³-hybridized carbons (Fsp3) is 1.00.